The van der Waals surface area contributed by atoms with Gasteiger partial charge in [0.2, 0.25) is 0 Å². The molecule has 0 radical (unpaired) electrons. The maximum atomic E-state index is 9.14. The minimum Gasteiger partial charge on any atom is -0.492 e. The zero-order valence-electron chi connectivity index (χ0n) is 12.5. The van der Waals surface area contributed by atoms with Crippen LogP contribution < -0.4 is 10.2 Å². The minimum atomic E-state index is -1.47. The lowest BCUT2D eigenvalue weighted by molar-refractivity contribution is 0.289. The number of hydrogen-bond acceptors (Lipinski definition) is 4. The summed E-state index contributed by atoms with van der Waals surface area (Å²) in [5.74, 6) is 0.626. The lowest BCUT2D eigenvalue weighted by Crippen LogP contribution is -2.29. The van der Waals surface area contributed by atoms with E-state index >= 15 is 0 Å². The average molecular weight is 288 g/mol. The normalized spacial score (nSPS) is 10.7. The molecule has 2 rings (SSSR count). The van der Waals surface area contributed by atoms with Crippen LogP contribution in [0.1, 0.15) is 25.2 Å². The van der Waals surface area contributed by atoms with Gasteiger partial charge in [0.15, 0.2) is 0 Å². The quantitative estimate of drug-likeness (QED) is 0.738. The molecule has 0 saturated heterocycles. The molecule has 0 unspecified atom stereocenters. The predicted molar refractivity (Wildman–Crippen MR) is 82.7 cm³/mol. The first-order valence-electron chi connectivity index (χ1n) is 7.28. The molecule has 0 fully saturated rings. The van der Waals surface area contributed by atoms with Crippen molar-refractivity contribution in [3.63, 3.8) is 0 Å². The van der Waals surface area contributed by atoms with Gasteiger partial charge in [-0.25, -0.2) is 0 Å². The SMILES string of the molecule is CCc1cc(CC)n(CCOc2cccc(B(O)O)c2)n1. The van der Waals surface area contributed by atoms with Gasteiger partial charge in [0.05, 0.1) is 12.2 Å². The van der Waals surface area contributed by atoms with Gasteiger partial charge in [0.1, 0.15) is 12.4 Å². The van der Waals surface area contributed by atoms with Gasteiger partial charge in [-0.3, -0.25) is 4.68 Å². The summed E-state index contributed by atoms with van der Waals surface area (Å²) in [4.78, 5) is 0. The number of nitrogens with zero attached hydrogens (tertiary/aromatic N) is 2. The van der Waals surface area contributed by atoms with Gasteiger partial charge in [-0.1, -0.05) is 26.0 Å². The van der Waals surface area contributed by atoms with E-state index in [9.17, 15) is 0 Å². The van der Waals surface area contributed by atoms with E-state index in [2.05, 4.69) is 25.0 Å². The Morgan fingerprint density at radius 1 is 1.19 bits per heavy atom. The Balaban J connectivity index is 1.95. The summed E-state index contributed by atoms with van der Waals surface area (Å²) in [6.07, 6.45) is 1.87. The first kappa shape index (κ1) is 15.6. The Morgan fingerprint density at radius 2 is 2.00 bits per heavy atom. The largest absolute Gasteiger partial charge is 0.492 e. The average Bonchev–Trinajstić information content (AvgIpc) is 2.90. The predicted octanol–water partition coefficient (Wildman–Crippen LogP) is 0.767. The third-order valence-corrected chi connectivity index (χ3v) is 3.37. The second-order valence-corrected chi connectivity index (χ2v) is 4.85. The second kappa shape index (κ2) is 7.29. The zero-order valence-corrected chi connectivity index (χ0v) is 12.5. The molecule has 0 amide bonds. The summed E-state index contributed by atoms with van der Waals surface area (Å²) in [6, 6.07) is 8.94. The molecule has 0 saturated carbocycles. The molecule has 2 N–H and O–H groups in total. The van der Waals surface area contributed by atoms with Gasteiger partial charge in [0.25, 0.3) is 0 Å². The van der Waals surface area contributed by atoms with E-state index in [0.717, 1.165) is 18.5 Å². The van der Waals surface area contributed by atoms with E-state index in [1.807, 2.05) is 4.68 Å². The highest BCUT2D eigenvalue weighted by molar-refractivity contribution is 6.58. The third-order valence-electron chi connectivity index (χ3n) is 3.37. The first-order chi connectivity index (χ1) is 10.1. The van der Waals surface area contributed by atoms with Crippen LogP contribution in [-0.4, -0.2) is 33.6 Å². The summed E-state index contributed by atoms with van der Waals surface area (Å²) < 4.78 is 7.64. The van der Waals surface area contributed by atoms with Crippen molar-refractivity contribution in [1.82, 2.24) is 9.78 Å². The molecule has 0 aliphatic rings. The van der Waals surface area contributed by atoms with Gasteiger partial charge < -0.3 is 14.8 Å². The number of aryl methyl sites for hydroxylation is 2. The van der Waals surface area contributed by atoms with Crippen LogP contribution in [0.2, 0.25) is 0 Å². The lowest BCUT2D eigenvalue weighted by Gasteiger charge is -2.09. The van der Waals surface area contributed by atoms with Crippen LogP contribution in [0.4, 0.5) is 0 Å². The summed E-state index contributed by atoms with van der Waals surface area (Å²) in [6.45, 7) is 5.37. The number of rotatable bonds is 7. The molecular formula is C15H21BN2O3. The molecule has 0 aliphatic carbocycles. The molecule has 112 valence electrons. The van der Waals surface area contributed by atoms with Gasteiger partial charge >= 0.3 is 7.12 Å². The highest BCUT2D eigenvalue weighted by Crippen LogP contribution is 2.09. The summed E-state index contributed by atoms with van der Waals surface area (Å²) >= 11 is 0. The highest BCUT2D eigenvalue weighted by Gasteiger charge is 2.11. The van der Waals surface area contributed by atoms with E-state index in [1.165, 1.54) is 5.69 Å². The number of benzene rings is 1. The monoisotopic (exact) mass is 288 g/mol. The van der Waals surface area contributed by atoms with Crippen LogP contribution in [0.15, 0.2) is 30.3 Å². The fourth-order valence-corrected chi connectivity index (χ4v) is 2.18. The number of aromatic nitrogens is 2. The Bertz CT molecular complexity index is 584. The van der Waals surface area contributed by atoms with Crippen LogP contribution in [0.25, 0.3) is 0 Å². The van der Waals surface area contributed by atoms with Crippen molar-refractivity contribution < 1.29 is 14.8 Å². The standard InChI is InChI=1S/C15H21BN2O3/c1-3-13-11-14(4-2)18(17-13)8-9-21-15-7-5-6-12(10-15)16(19)20/h5-7,10-11,19-20H,3-4,8-9H2,1-2H3. The molecule has 1 heterocycles. The van der Waals surface area contributed by atoms with Crippen molar-refractivity contribution in [3.8, 4) is 5.75 Å². The summed E-state index contributed by atoms with van der Waals surface area (Å²) in [7, 11) is -1.47. The van der Waals surface area contributed by atoms with E-state index < -0.39 is 7.12 Å². The van der Waals surface area contributed by atoms with Crippen LogP contribution in [0.3, 0.4) is 0 Å². The van der Waals surface area contributed by atoms with E-state index in [0.29, 0.717) is 24.4 Å². The molecule has 0 atom stereocenters. The Labute approximate surface area is 125 Å². The Kier molecular flexibility index (Phi) is 5.41. The smallest absolute Gasteiger partial charge is 0.488 e. The van der Waals surface area contributed by atoms with Crippen molar-refractivity contribution >= 4 is 12.6 Å². The molecule has 1 aromatic carbocycles. The molecular weight excluding hydrogens is 267 g/mol. The highest BCUT2D eigenvalue weighted by atomic mass is 16.5. The first-order valence-corrected chi connectivity index (χ1v) is 7.28. The number of hydrogen-bond donors (Lipinski definition) is 2. The minimum absolute atomic E-state index is 0.425. The fourth-order valence-electron chi connectivity index (χ4n) is 2.18. The van der Waals surface area contributed by atoms with Crippen molar-refractivity contribution in [2.75, 3.05) is 6.61 Å². The van der Waals surface area contributed by atoms with Gasteiger partial charge in [-0.2, -0.15) is 5.10 Å². The molecule has 0 spiro atoms. The van der Waals surface area contributed by atoms with Gasteiger partial charge in [0, 0.05) is 5.69 Å². The van der Waals surface area contributed by atoms with E-state index in [-0.39, 0.29) is 0 Å². The van der Waals surface area contributed by atoms with Crippen LogP contribution in [0, 0.1) is 0 Å². The molecule has 1 aromatic heterocycles. The Hall–Kier alpha value is -1.79. The van der Waals surface area contributed by atoms with Crippen LogP contribution >= 0.6 is 0 Å². The van der Waals surface area contributed by atoms with E-state index in [4.69, 9.17) is 14.8 Å². The van der Waals surface area contributed by atoms with Crippen molar-refractivity contribution in [2.24, 2.45) is 0 Å². The maximum Gasteiger partial charge on any atom is 0.488 e. The fraction of sp³-hybridized carbons (Fsp3) is 0.400. The third kappa shape index (κ3) is 4.09. The molecule has 2 aromatic rings. The maximum absolute atomic E-state index is 9.14. The Morgan fingerprint density at radius 3 is 2.67 bits per heavy atom. The molecule has 0 aliphatic heterocycles. The molecule has 5 nitrogen and oxygen atoms in total. The topological polar surface area (TPSA) is 67.5 Å². The lowest BCUT2D eigenvalue weighted by atomic mass is 9.80. The second-order valence-electron chi connectivity index (χ2n) is 4.85. The van der Waals surface area contributed by atoms with Gasteiger partial charge in [-0.15, -0.1) is 0 Å². The van der Waals surface area contributed by atoms with E-state index in [1.54, 1.807) is 24.3 Å². The van der Waals surface area contributed by atoms with Crippen molar-refractivity contribution in [1.29, 1.82) is 0 Å². The van der Waals surface area contributed by atoms with Crippen molar-refractivity contribution in [3.05, 3.63) is 41.7 Å². The molecule has 21 heavy (non-hydrogen) atoms. The van der Waals surface area contributed by atoms with Crippen LogP contribution in [-0.2, 0) is 19.4 Å². The summed E-state index contributed by atoms with van der Waals surface area (Å²) in [5, 5.41) is 22.8. The zero-order chi connectivity index (χ0) is 15.2. The molecule has 0 bridgehead atoms. The van der Waals surface area contributed by atoms with Gasteiger partial charge in [-0.05, 0) is 36.5 Å². The number of ether oxygens (including phenoxy) is 1. The van der Waals surface area contributed by atoms with Crippen LogP contribution in [0.5, 0.6) is 5.75 Å². The van der Waals surface area contributed by atoms with Crippen molar-refractivity contribution in [2.45, 2.75) is 33.2 Å². The summed E-state index contributed by atoms with van der Waals surface area (Å²) in [5.41, 5.74) is 2.72. The molecule has 6 heteroatoms.